The molecule has 0 saturated carbocycles. The molecule has 3 heteroatoms. The Balaban J connectivity index is 2.48. The van der Waals surface area contributed by atoms with Crippen LogP contribution >= 0.6 is 0 Å². The first-order valence-corrected chi connectivity index (χ1v) is 6.47. The Morgan fingerprint density at radius 1 is 1.21 bits per heavy atom. The summed E-state index contributed by atoms with van der Waals surface area (Å²) in [5.74, 6) is 11.3. The Bertz CT molecular complexity index is 541. The molecule has 19 heavy (non-hydrogen) atoms. The van der Waals surface area contributed by atoms with Crippen LogP contribution in [0.25, 0.3) is 0 Å². The lowest BCUT2D eigenvalue weighted by Crippen LogP contribution is -1.87. The molecule has 0 aliphatic carbocycles. The summed E-state index contributed by atoms with van der Waals surface area (Å²) in [6.07, 6.45) is 5.66. The molecule has 0 bridgehead atoms. The van der Waals surface area contributed by atoms with Gasteiger partial charge in [-0.15, -0.1) is 0 Å². The number of unbranched alkanes of at least 4 members (excludes halogenated alkanes) is 4. The zero-order chi connectivity index (χ0) is 13.9. The van der Waals surface area contributed by atoms with E-state index >= 15 is 0 Å². The van der Waals surface area contributed by atoms with E-state index in [0.29, 0.717) is 5.56 Å². The van der Waals surface area contributed by atoms with E-state index in [0.717, 1.165) is 12.8 Å². The minimum Gasteiger partial charge on any atom is -0.258 e. The maximum Gasteiger partial charge on any atom is 0.270 e. The number of non-ortho nitro benzene ring substituents is 1. The van der Waals surface area contributed by atoms with Crippen molar-refractivity contribution in [3.63, 3.8) is 0 Å². The largest absolute Gasteiger partial charge is 0.270 e. The third-order valence-corrected chi connectivity index (χ3v) is 2.57. The molecule has 98 valence electrons. The summed E-state index contributed by atoms with van der Waals surface area (Å²) in [6, 6.07) is 6.27. The molecule has 3 nitrogen and oxygen atoms in total. The highest BCUT2D eigenvalue weighted by atomic mass is 16.6. The predicted octanol–water partition coefficient (Wildman–Crippen LogP) is 3.92. The highest BCUT2D eigenvalue weighted by Gasteiger charge is 2.03. The van der Waals surface area contributed by atoms with Gasteiger partial charge in [-0.25, -0.2) is 0 Å². The summed E-state index contributed by atoms with van der Waals surface area (Å²) in [5, 5.41) is 10.6. The number of hydrogen-bond acceptors (Lipinski definition) is 2. The molecular formula is C16H17NO2. The molecule has 0 aromatic heterocycles. The summed E-state index contributed by atoms with van der Waals surface area (Å²) in [6.45, 7) is 2.18. The topological polar surface area (TPSA) is 43.1 Å². The molecule has 0 atom stereocenters. The first-order chi connectivity index (χ1) is 9.24. The van der Waals surface area contributed by atoms with Crippen LogP contribution in [0, 0.1) is 33.8 Å². The van der Waals surface area contributed by atoms with Crippen molar-refractivity contribution in [3.05, 3.63) is 39.9 Å². The second kappa shape index (κ2) is 8.78. The lowest BCUT2D eigenvalue weighted by atomic mass is 10.1. The molecule has 0 aliphatic rings. The SMILES string of the molecule is CCCCCCC#CC#Cc1cccc([N+](=O)[O-])c1. The van der Waals surface area contributed by atoms with Gasteiger partial charge in [-0.3, -0.25) is 10.1 Å². The molecule has 0 fully saturated rings. The van der Waals surface area contributed by atoms with E-state index in [4.69, 9.17) is 0 Å². The molecule has 0 amide bonds. The van der Waals surface area contributed by atoms with Crippen LogP contribution in [0.1, 0.15) is 44.6 Å². The minimum atomic E-state index is -0.426. The van der Waals surface area contributed by atoms with Crippen molar-refractivity contribution in [3.8, 4) is 23.7 Å². The third-order valence-electron chi connectivity index (χ3n) is 2.57. The third kappa shape index (κ3) is 6.29. The zero-order valence-corrected chi connectivity index (χ0v) is 11.1. The van der Waals surface area contributed by atoms with Crippen LogP contribution in [0.15, 0.2) is 24.3 Å². The van der Waals surface area contributed by atoms with E-state index in [1.807, 2.05) is 0 Å². The van der Waals surface area contributed by atoms with Gasteiger partial charge in [0, 0.05) is 24.1 Å². The van der Waals surface area contributed by atoms with Crippen LogP contribution < -0.4 is 0 Å². The van der Waals surface area contributed by atoms with Crippen LogP contribution in [-0.2, 0) is 0 Å². The number of nitrogens with zero attached hydrogens (tertiary/aromatic N) is 1. The summed E-state index contributed by atoms with van der Waals surface area (Å²) >= 11 is 0. The van der Waals surface area contributed by atoms with Gasteiger partial charge in [-0.2, -0.15) is 0 Å². The van der Waals surface area contributed by atoms with Crippen molar-refractivity contribution in [1.82, 2.24) is 0 Å². The molecule has 1 aromatic carbocycles. The highest BCUT2D eigenvalue weighted by molar-refractivity contribution is 5.45. The van der Waals surface area contributed by atoms with E-state index in [-0.39, 0.29) is 5.69 Å². The molecule has 0 saturated heterocycles. The maximum atomic E-state index is 10.6. The van der Waals surface area contributed by atoms with Crippen LogP contribution in [0.5, 0.6) is 0 Å². The second-order valence-electron chi connectivity index (χ2n) is 4.17. The fraction of sp³-hybridized carbons (Fsp3) is 0.375. The molecule has 0 N–H and O–H groups in total. The van der Waals surface area contributed by atoms with Gasteiger partial charge < -0.3 is 0 Å². The lowest BCUT2D eigenvalue weighted by molar-refractivity contribution is -0.384. The zero-order valence-electron chi connectivity index (χ0n) is 11.1. The van der Waals surface area contributed by atoms with Gasteiger partial charge in [0.1, 0.15) is 0 Å². The summed E-state index contributed by atoms with van der Waals surface area (Å²) in [5.41, 5.74) is 0.675. The Morgan fingerprint density at radius 3 is 2.79 bits per heavy atom. The molecular weight excluding hydrogens is 238 g/mol. The summed E-state index contributed by atoms with van der Waals surface area (Å²) < 4.78 is 0. The Hall–Kier alpha value is -2.26. The molecule has 0 radical (unpaired) electrons. The highest BCUT2D eigenvalue weighted by Crippen LogP contribution is 2.11. The summed E-state index contributed by atoms with van der Waals surface area (Å²) in [4.78, 5) is 10.2. The quantitative estimate of drug-likeness (QED) is 0.346. The van der Waals surface area contributed by atoms with E-state index in [2.05, 4.69) is 30.6 Å². The Morgan fingerprint density at radius 2 is 2.05 bits per heavy atom. The molecule has 0 unspecified atom stereocenters. The van der Waals surface area contributed by atoms with Gasteiger partial charge in [0.2, 0.25) is 0 Å². The number of hydrogen-bond donors (Lipinski definition) is 0. The van der Waals surface area contributed by atoms with Gasteiger partial charge in [0.05, 0.1) is 4.92 Å². The summed E-state index contributed by atoms with van der Waals surface area (Å²) in [7, 11) is 0. The van der Waals surface area contributed by atoms with Crippen LogP contribution in [0.3, 0.4) is 0 Å². The van der Waals surface area contributed by atoms with E-state index in [9.17, 15) is 10.1 Å². The second-order valence-corrected chi connectivity index (χ2v) is 4.17. The van der Waals surface area contributed by atoms with Crippen LogP contribution in [0.4, 0.5) is 5.69 Å². The maximum absolute atomic E-state index is 10.6. The van der Waals surface area contributed by atoms with Gasteiger partial charge in [0.25, 0.3) is 5.69 Å². The molecule has 1 aromatic rings. The number of nitro benzene ring substituents is 1. The van der Waals surface area contributed by atoms with Crippen molar-refractivity contribution >= 4 is 5.69 Å². The monoisotopic (exact) mass is 255 g/mol. The first-order valence-electron chi connectivity index (χ1n) is 6.47. The molecule has 0 spiro atoms. The number of benzene rings is 1. The Labute approximate surface area is 114 Å². The van der Waals surface area contributed by atoms with Crippen molar-refractivity contribution in [1.29, 1.82) is 0 Å². The van der Waals surface area contributed by atoms with Gasteiger partial charge in [-0.1, -0.05) is 44.1 Å². The molecule has 1 rings (SSSR count). The standard InChI is InChI=1S/C16H17NO2/c1-2-3-4-5-6-7-8-9-11-15-12-10-13-16(14-15)17(18)19/h10,12-14H,2-6H2,1H3. The first kappa shape index (κ1) is 14.8. The average molecular weight is 255 g/mol. The van der Waals surface area contributed by atoms with Crippen molar-refractivity contribution < 1.29 is 4.92 Å². The smallest absolute Gasteiger partial charge is 0.258 e. The van der Waals surface area contributed by atoms with Crippen LogP contribution in [-0.4, -0.2) is 4.92 Å². The molecule has 0 heterocycles. The molecule has 0 aliphatic heterocycles. The normalized spacial score (nSPS) is 8.89. The average Bonchev–Trinajstić information content (AvgIpc) is 2.42. The fourth-order valence-electron chi connectivity index (χ4n) is 1.55. The predicted molar refractivity (Wildman–Crippen MR) is 76.5 cm³/mol. The van der Waals surface area contributed by atoms with Crippen molar-refractivity contribution in [2.45, 2.75) is 39.0 Å². The van der Waals surface area contributed by atoms with Gasteiger partial charge in [-0.05, 0) is 24.3 Å². The van der Waals surface area contributed by atoms with E-state index in [1.165, 1.54) is 31.4 Å². The number of rotatable bonds is 5. The van der Waals surface area contributed by atoms with Crippen LogP contribution in [0.2, 0.25) is 0 Å². The van der Waals surface area contributed by atoms with Crippen molar-refractivity contribution in [2.24, 2.45) is 0 Å². The van der Waals surface area contributed by atoms with Gasteiger partial charge in [0.15, 0.2) is 0 Å². The lowest BCUT2D eigenvalue weighted by Gasteiger charge is -1.91. The van der Waals surface area contributed by atoms with E-state index < -0.39 is 4.92 Å². The Kier molecular flexibility index (Phi) is 6.84. The van der Waals surface area contributed by atoms with Gasteiger partial charge >= 0.3 is 0 Å². The van der Waals surface area contributed by atoms with Crippen molar-refractivity contribution in [2.75, 3.05) is 0 Å². The minimum absolute atomic E-state index is 0.0549. The number of nitro groups is 1. The fourth-order valence-corrected chi connectivity index (χ4v) is 1.55. The van der Waals surface area contributed by atoms with E-state index in [1.54, 1.807) is 12.1 Å².